The fourth-order valence-electron chi connectivity index (χ4n) is 3.55. The van der Waals surface area contributed by atoms with Gasteiger partial charge in [0.15, 0.2) is 0 Å². The summed E-state index contributed by atoms with van der Waals surface area (Å²) in [6, 6.07) is 0. The fourth-order valence-corrected chi connectivity index (χ4v) is 3.55. The molecule has 2 rings (SSSR count). The SMILES string of the molecule is CCCc1c(C(=O)N2CCN(CC(C)C)CC2)[nH]c(C)c1C(=O)OC. The Labute approximate surface area is 150 Å². The summed E-state index contributed by atoms with van der Waals surface area (Å²) in [6.07, 6.45) is 1.55. The first kappa shape index (κ1) is 19.5. The van der Waals surface area contributed by atoms with Gasteiger partial charge in [0.25, 0.3) is 5.91 Å². The second-order valence-electron chi connectivity index (χ2n) is 7.21. The van der Waals surface area contributed by atoms with E-state index in [1.807, 2.05) is 18.7 Å². The van der Waals surface area contributed by atoms with Crippen LogP contribution in [0.1, 0.15) is 59.3 Å². The molecule has 0 saturated carbocycles. The van der Waals surface area contributed by atoms with Gasteiger partial charge in [-0.15, -0.1) is 0 Å². The second kappa shape index (κ2) is 8.52. The monoisotopic (exact) mass is 349 g/mol. The number of carbonyl (C=O) groups excluding carboxylic acids is 2. The highest BCUT2D eigenvalue weighted by atomic mass is 16.5. The van der Waals surface area contributed by atoms with Crippen molar-refractivity contribution < 1.29 is 14.3 Å². The molecule has 0 atom stereocenters. The number of hydrogen-bond donors (Lipinski definition) is 1. The molecular weight excluding hydrogens is 318 g/mol. The molecule has 1 aromatic heterocycles. The molecule has 6 heteroatoms. The number of hydrogen-bond acceptors (Lipinski definition) is 4. The van der Waals surface area contributed by atoms with Crippen LogP contribution in [0.2, 0.25) is 0 Å². The Kier molecular flexibility index (Phi) is 6.64. The number of methoxy groups -OCH3 is 1. The summed E-state index contributed by atoms with van der Waals surface area (Å²) in [6.45, 7) is 12.6. The lowest BCUT2D eigenvalue weighted by molar-refractivity contribution is 0.0599. The summed E-state index contributed by atoms with van der Waals surface area (Å²) >= 11 is 0. The largest absolute Gasteiger partial charge is 0.465 e. The van der Waals surface area contributed by atoms with Crippen LogP contribution in [0, 0.1) is 12.8 Å². The molecule has 1 aliphatic heterocycles. The first-order chi connectivity index (χ1) is 11.9. The molecule has 1 aliphatic rings. The van der Waals surface area contributed by atoms with Gasteiger partial charge in [0.2, 0.25) is 0 Å². The summed E-state index contributed by atoms with van der Waals surface area (Å²) in [5.41, 5.74) is 2.57. The number of esters is 1. The molecule has 0 radical (unpaired) electrons. The minimum atomic E-state index is -0.377. The van der Waals surface area contributed by atoms with Gasteiger partial charge in [0, 0.05) is 38.4 Å². The zero-order valence-corrected chi connectivity index (χ0v) is 16.1. The van der Waals surface area contributed by atoms with Crippen LogP contribution in [-0.4, -0.2) is 66.5 Å². The quantitative estimate of drug-likeness (QED) is 0.801. The number of ether oxygens (including phenoxy) is 1. The lowest BCUT2D eigenvalue weighted by Crippen LogP contribution is -2.49. The van der Waals surface area contributed by atoms with Crippen LogP contribution < -0.4 is 0 Å². The van der Waals surface area contributed by atoms with Gasteiger partial charge in [0.1, 0.15) is 5.69 Å². The van der Waals surface area contributed by atoms with E-state index in [4.69, 9.17) is 4.74 Å². The number of nitrogens with zero attached hydrogens (tertiary/aromatic N) is 2. The molecule has 140 valence electrons. The van der Waals surface area contributed by atoms with E-state index in [1.54, 1.807) is 0 Å². The lowest BCUT2D eigenvalue weighted by Gasteiger charge is -2.35. The minimum absolute atomic E-state index is 0.00843. The summed E-state index contributed by atoms with van der Waals surface area (Å²) in [5, 5.41) is 0. The Hall–Kier alpha value is -1.82. The molecule has 0 aliphatic carbocycles. The van der Waals surface area contributed by atoms with Crippen molar-refractivity contribution in [3.8, 4) is 0 Å². The fraction of sp³-hybridized carbons (Fsp3) is 0.684. The van der Waals surface area contributed by atoms with Crippen molar-refractivity contribution in [3.63, 3.8) is 0 Å². The molecule has 0 spiro atoms. The van der Waals surface area contributed by atoms with E-state index in [2.05, 4.69) is 23.7 Å². The number of nitrogens with one attached hydrogen (secondary N) is 1. The maximum atomic E-state index is 13.0. The molecule has 1 aromatic rings. The molecule has 25 heavy (non-hydrogen) atoms. The Morgan fingerprint density at radius 2 is 1.84 bits per heavy atom. The first-order valence-corrected chi connectivity index (χ1v) is 9.20. The predicted octanol–water partition coefficient (Wildman–Crippen LogP) is 2.48. The number of amides is 1. The van der Waals surface area contributed by atoms with Gasteiger partial charge in [-0.05, 0) is 24.8 Å². The molecular formula is C19H31N3O3. The average Bonchev–Trinajstić information content (AvgIpc) is 2.90. The van der Waals surface area contributed by atoms with Crippen LogP contribution in [0.15, 0.2) is 0 Å². The molecule has 0 aromatic carbocycles. The van der Waals surface area contributed by atoms with Gasteiger partial charge >= 0.3 is 5.97 Å². The molecule has 1 fully saturated rings. The van der Waals surface area contributed by atoms with E-state index in [0.717, 1.165) is 44.7 Å². The predicted molar refractivity (Wildman–Crippen MR) is 98.0 cm³/mol. The van der Waals surface area contributed by atoms with Crippen LogP contribution >= 0.6 is 0 Å². The average molecular weight is 349 g/mol. The number of rotatable bonds is 6. The minimum Gasteiger partial charge on any atom is -0.465 e. The Balaban J connectivity index is 2.18. The third kappa shape index (κ3) is 4.42. The van der Waals surface area contributed by atoms with E-state index >= 15 is 0 Å². The van der Waals surface area contributed by atoms with E-state index in [-0.39, 0.29) is 11.9 Å². The van der Waals surface area contributed by atoms with E-state index in [1.165, 1.54) is 7.11 Å². The highest BCUT2D eigenvalue weighted by molar-refractivity contribution is 6.00. The summed E-state index contributed by atoms with van der Waals surface area (Å²) < 4.78 is 4.90. The number of aromatic nitrogens is 1. The number of piperazine rings is 1. The van der Waals surface area contributed by atoms with Gasteiger partial charge in [-0.2, -0.15) is 0 Å². The van der Waals surface area contributed by atoms with Crippen molar-refractivity contribution in [2.45, 2.75) is 40.5 Å². The van der Waals surface area contributed by atoms with Crippen LogP contribution in [0.4, 0.5) is 0 Å². The number of H-pyrrole nitrogens is 1. The normalized spacial score (nSPS) is 15.7. The highest BCUT2D eigenvalue weighted by Gasteiger charge is 2.29. The zero-order chi connectivity index (χ0) is 18.6. The van der Waals surface area contributed by atoms with Crippen molar-refractivity contribution in [2.75, 3.05) is 39.8 Å². The maximum Gasteiger partial charge on any atom is 0.339 e. The number of aryl methyl sites for hydroxylation is 1. The van der Waals surface area contributed by atoms with Crippen LogP contribution in [0.5, 0.6) is 0 Å². The van der Waals surface area contributed by atoms with E-state index in [0.29, 0.717) is 29.3 Å². The van der Waals surface area contributed by atoms with Gasteiger partial charge in [0.05, 0.1) is 12.7 Å². The summed E-state index contributed by atoms with van der Waals surface area (Å²) in [4.78, 5) is 32.6. The highest BCUT2D eigenvalue weighted by Crippen LogP contribution is 2.23. The van der Waals surface area contributed by atoms with Crippen LogP contribution in [0.25, 0.3) is 0 Å². The van der Waals surface area contributed by atoms with Crippen LogP contribution in [-0.2, 0) is 11.2 Å². The maximum absolute atomic E-state index is 13.0. The van der Waals surface area contributed by atoms with Gasteiger partial charge < -0.3 is 14.6 Å². The second-order valence-corrected chi connectivity index (χ2v) is 7.21. The number of aromatic amines is 1. The lowest BCUT2D eigenvalue weighted by atomic mass is 10.0. The molecule has 2 heterocycles. The standard InChI is InChI=1S/C19H31N3O3/c1-6-7-15-16(19(24)25-5)14(4)20-17(15)18(23)22-10-8-21(9-11-22)12-13(2)3/h13,20H,6-12H2,1-5H3. The molecule has 0 bridgehead atoms. The first-order valence-electron chi connectivity index (χ1n) is 9.20. The third-order valence-electron chi connectivity index (χ3n) is 4.68. The van der Waals surface area contributed by atoms with Crippen molar-refractivity contribution in [3.05, 3.63) is 22.5 Å². The van der Waals surface area contributed by atoms with E-state index in [9.17, 15) is 9.59 Å². The molecule has 0 unspecified atom stereocenters. The van der Waals surface area contributed by atoms with E-state index < -0.39 is 0 Å². The van der Waals surface area contributed by atoms with Crippen molar-refractivity contribution in [1.82, 2.24) is 14.8 Å². The van der Waals surface area contributed by atoms with Crippen molar-refractivity contribution >= 4 is 11.9 Å². The Morgan fingerprint density at radius 1 is 1.20 bits per heavy atom. The molecule has 6 nitrogen and oxygen atoms in total. The van der Waals surface area contributed by atoms with Crippen molar-refractivity contribution in [2.24, 2.45) is 5.92 Å². The third-order valence-corrected chi connectivity index (χ3v) is 4.68. The summed E-state index contributed by atoms with van der Waals surface area (Å²) in [7, 11) is 1.37. The van der Waals surface area contributed by atoms with Crippen molar-refractivity contribution in [1.29, 1.82) is 0 Å². The van der Waals surface area contributed by atoms with Gasteiger partial charge in [-0.1, -0.05) is 27.2 Å². The van der Waals surface area contributed by atoms with Crippen LogP contribution in [0.3, 0.4) is 0 Å². The topological polar surface area (TPSA) is 65.6 Å². The van der Waals surface area contributed by atoms with Gasteiger partial charge in [-0.25, -0.2) is 4.79 Å². The Bertz CT molecular complexity index is 614. The van der Waals surface area contributed by atoms with Gasteiger partial charge in [-0.3, -0.25) is 9.69 Å². The molecule has 1 N–H and O–H groups in total. The Morgan fingerprint density at radius 3 is 2.36 bits per heavy atom. The zero-order valence-electron chi connectivity index (χ0n) is 16.1. The summed E-state index contributed by atoms with van der Waals surface area (Å²) in [5.74, 6) is 0.246. The molecule has 1 amide bonds. The molecule has 1 saturated heterocycles. The smallest absolute Gasteiger partial charge is 0.339 e. The number of carbonyl (C=O) groups is 2.